The van der Waals surface area contributed by atoms with Gasteiger partial charge in [-0.2, -0.15) is 0 Å². The molecule has 0 saturated heterocycles. The number of methoxy groups -OCH3 is 1. The van der Waals surface area contributed by atoms with Gasteiger partial charge >= 0.3 is 0 Å². The number of phenolic OH excluding ortho intramolecular Hbond substituents is 1. The monoisotopic (exact) mass is 575 g/mol. The number of ether oxygens (including phenoxy) is 1. The SMILES string of the molecule is COc1ccc(C(=O)Nc2ccccc2)cc1N=Nc1c(O)c(CC(=O)Nc2cccc([N+](=O)[O-])c2)cc2ccccc12. The third-order valence-electron chi connectivity index (χ3n) is 6.50. The summed E-state index contributed by atoms with van der Waals surface area (Å²) >= 11 is 0. The minimum absolute atomic E-state index is 0.123. The van der Waals surface area contributed by atoms with Crippen LogP contribution in [0.4, 0.5) is 28.4 Å². The van der Waals surface area contributed by atoms with Gasteiger partial charge in [0.1, 0.15) is 22.9 Å². The third-order valence-corrected chi connectivity index (χ3v) is 6.50. The number of anilines is 2. The van der Waals surface area contributed by atoms with Gasteiger partial charge in [-0.15, -0.1) is 10.2 Å². The topological polar surface area (TPSA) is 156 Å². The highest BCUT2D eigenvalue weighted by molar-refractivity contribution is 6.05. The number of para-hydroxylation sites is 1. The Hall–Kier alpha value is -6.10. The van der Waals surface area contributed by atoms with Gasteiger partial charge in [0.15, 0.2) is 0 Å². The number of hydrogen-bond acceptors (Lipinski definition) is 8. The van der Waals surface area contributed by atoms with Crippen LogP contribution in [0, 0.1) is 10.1 Å². The first-order valence-corrected chi connectivity index (χ1v) is 13.1. The molecule has 5 rings (SSSR count). The van der Waals surface area contributed by atoms with E-state index in [4.69, 9.17) is 4.74 Å². The molecule has 5 aromatic rings. The molecule has 11 heteroatoms. The molecule has 2 amide bonds. The minimum Gasteiger partial charge on any atom is -0.505 e. The van der Waals surface area contributed by atoms with Crippen molar-refractivity contribution in [2.75, 3.05) is 17.7 Å². The van der Waals surface area contributed by atoms with Crippen molar-refractivity contribution in [3.8, 4) is 11.5 Å². The summed E-state index contributed by atoms with van der Waals surface area (Å²) in [7, 11) is 1.46. The summed E-state index contributed by atoms with van der Waals surface area (Å²) in [6, 6.07) is 28.1. The Kier molecular flexibility index (Phi) is 8.33. The van der Waals surface area contributed by atoms with E-state index in [1.165, 1.54) is 37.4 Å². The molecule has 0 aliphatic rings. The summed E-state index contributed by atoms with van der Waals surface area (Å²) in [5, 5.41) is 37.7. The molecule has 11 nitrogen and oxygen atoms in total. The highest BCUT2D eigenvalue weighted by atomic mass is 16.6. The number of benzene rings is 5. The fraction of sp³-hybridized carbons (Fsp3) is 0.0625. The van der Waals surface area contributed by atoms with Crippen LogP contribution in [0.2, 0.25) is 0 Å². The van der Waals surface area contributed by atoms with E-state index in [2.05, 4.69) is 20.9 Å². The second-order valence-corrected chi connectivity index (χ2v) is 9.39. The highest BCUT2D eigenvalue weighted by Gasteiger charge is 2.17. The molecule has 0 fully saturated rings. The molecule has 0 aliphatic heterocycles. The summed E-state index contributed by atoms with van der Waals surface area (Å²) in [5.74, 6) is -0.743. The Morgan fingerprint density at radius 2 is 1.60 bits per heavy atom. The van der Waals surface area contributed by atoms with Crippen molar-refractivity contribution in [3.05, 3.63) is 124 Å². The lowest BCUT2D eigenvalue weighted by molar-refractivity contribution is -0.384. The van der Waals surface area contributed by atoms with Crippen molar-refractivity contribution >= 4 is 51.0 Å². The second kappa shape index (κ2) is 12.6. The van der Waals surface area contributed by atoms with Crippen LogP contribution in [0.15, 0.2) is 113 Å². The largest absolute Gasteiger partial charge is 0.505 e. The van der Waals surface area contributed by atoms with Gasteiger partial charge in [-0.3, -0.25) is 19.7 Å². The number of fused-ring (bicyclic) bond motifs is 1. The maximum Gasteiger partial charge on any atom is 0.271 e. The van der Waals surface area contributed by atoms with Gasteiger partial charge in [0.05, 0.1) is 18.5 Å². The average Bonchev–Trinajstić information content (AvgIpc) is 3.01. The van der Waals surface area contributed by atoms with Crippen LogP contribution in [0.25, 0.3) is 10.8 Å². The average molecular weight is 576 g/mol. The van der Waals surface area contributed by atoms with Crippen LogP contribution < -0.4 is 15.4 Å². The van der Waals surface area contributed by atoms with Crippen LogP contribution in [0.5, 0.6) is 11.5 Å². The molecule has 0 atom stereocenters. The third kappa shape index (κ3) is 6.63. The Morgan fingerprint density at radius 3 is 2.37 bits per heavy atom. The van der Waals surface area contributed by atoms with Crippen molar-refractivity contribution in [2.24, 2.45) is 10.2 Å². The number of nitrogens with one attached hydrogen (secondary N) is 2. The van der Waals surface area contributed by atoms with Crippen LogP contribution in [0.1, 0.15) is 15.9 Å². The predicted octanol–water partition coefficient (Wildman–Crippen LogP) is 7.31. The highest BCUT2D eigenvalue weighted by Crippen LogP contribution is 2.40. The summed E-state index contributed by atoms with van der Waals surface area (Å²) in [6.45, 7) is 0. The molecule has 3 N–H and O–H groups in total. The first-order chi connectivity index (χ1) is 20.8. The van der Waals surface area contributed by atoms with Crippen LogP contribution in [-0.2, 0) is 11.2 Å². The zero-order valence-electron chi connectivity index (χ0n) is 22.9. The van der Waals surface area contributed by atoms with Gasteiger partial charge in [-0.05, 0) is 47.9 Å². The first kappa shape index (κ1) is 28.4. The molecule has 0 spiro atoms. The number of non-ortho nitro benzene ring substituents is 1. The number of rotatable bonds is 9. The molecule has 0 radical (unpaired) electrons. The van der Waals surface area contributed by atoms with Gasteiger partial charge < -0.3 is 20.5 Å². The van der Waals surface area contributed by atoms with Gasteiger partial charge in [-0.1, -0.05) is 48.5 Å². The Labute approximate surface area is 245 Å². The lowest BCUT2D eigenvalue weighted by Gasteiger charge is -2.12. The van der Waals surface area contributed by atoms with E-state index in [1.54, 1.807) is 42.5 Å². The van der Waals surface area contributed by atoms with E-state index in [0.29, 0.717) is 27.8 Å². The molecular weight excluding hydrogens is 550 g/mol. The Balaban J connectivity index is 1.45. The van der Waals surface area contributed by atoms with Gasteiger partial charge in [0, 0.05) is 40.0 Å². The standard InChI is InChI=1S/C32H25N5O6/c1-43-28-15-14-21(32(40)34-23-9-3-2-4-10-23)17-27(28)35-36-30-26-13-6-5-8-20(26)16-22(31(30)39)18-29(38)33-24-11-7-12-25(19-24)37(41)42/h2-17,19,39H,18H2,1H3,(H,33,38)(H,34,40). The van der Waals surface area contributed by atoms with Crippen molar-refractivity contribution in [2.45, 2.75) is 6.42 Å². The molecule has 214 valence electrons. The minimum atomic E-state index is -0.553. The molecule has 5 aromatic carbocycles. The van der Waals surface area contributed by atoms with Crippen molar-refractivity contribution < 1.29 is 24.4 Å². The lowest BCUT2D eigenvalue weighted by Crippen LogP contribution is -2.14. The Bertz CT molecular complexity index is 1870. The zero-order chi connectivity index (χ0) is 30.3. The number of azo groups is 1. The van der Waals surface area contributed by atoms with E-state index in [9.17, 15) is 24.8 Å². The number of aromatic hydroxyl groups is 1. The number of phenols is 1. The maximum atomic E-state index is 12.9. The van der Waals surface area contributed by atoms with Crippen LogP contribution in [0.3, 0.4) is 0 Å². The number of nitro groups is 1. The fourth-order valence-corrected chi connectivity index (χ4v) is 4.42. The van der Waals surface area contributed by atoms with Gasteiger partial charge in [0.2, 0.25) is 5.91 Å². The molecular formula is C32H25N5O6. The molecule has 0 saturated carbocycles. The summed E-state index contributed by atoms with van der Waals surface area (Å²) in [6.07, 6.45) is -0.236. The van der Waals surface area contributed by atoms with Crippen LogP contribution >= 0.6 is 0 Å². The zero-order valence-corrected chi connectivity index (χ0v) is 22.9. The summed E-state index contributed by atoms with van der Waals surface area (Å²) in [4.78, 5) is 36.2. The molecule has 43 heavy (non-hydrogen) atoms. The van der Waals surface area contributed by atoms with Crippen molar-refractivity contribution in [3.63, 3.8) is 0 Å². The van der Waals surface area contributed by atoms with E-state index in [0.717, 1.165) is 0 Å². The summed E-state index contributed by atoms with van der Waals surface area (Å²) in [5.41, 5.74) is 1.69. The smallest absolute Gasteiger partial charge is 0.271 e. The number of carbonyl (C=O) groups is 2. The maximum absolute atomic E-state index is 12.9. The molecule has 0 unspecified atom stereocenters. The number of nitrogens with zero attached hydrogens (tertiary/aromatic N) is 3. The van der Waals surface area contributed by atoms with Crippen LogP contribution in [-0.4, -0.2) is 29.0 Å². The van der Waals surface area contributed by atoms with Gasteiger partial charge in [-0.25, -0.2) is 0 Å². The molecule has 0 bridgehead atoms. The Morgan fingerprint density at radius 1 is 0.860 bits per heavy atom. The molecule has 0 aliphatic carbocycles. The molecule has 0 heterocycles. The van der Waals surface area contributed by atoms with E-state index in [1.807, 2.05) is 30.3 Å². The van der Waals surface area contributed by atoms with Gasteiger partial charge in [0.25, 0.3) is 11.6 Å². The number of carbonyl (C=O) groups excluding carboxylic acids is 2. The number of nitro benzene ring substituents is 1. The number of hydrogen-bond donors (Lipinski definition) is 3. The molecule has 0 aromatic heterocycles. The normalized spacial score (nSPS) is 10.9. The van der Waals surface area contributed by atoms with Crippen molar-refractivity contribution in [1.29, 1.82) is 0 Å². The first-order valence-electron chi connectivity index (χ1n) is 13.1. The predicted molar refractivity (Wildman–Crippen MR) is 163 cm³/mol. The van der Waals surface area contributed by atoms with E-state index in [-0.39, 0.29) is 46.4 Å². The number of amides is 2. The summed E-state index contributed by atoms with van der Waals surface area (Å²) < 4.78 is 5.42. The van der Waals surface area contributed by atoms with Crippen molar-refractivity contribution in [1.82, 2.24) is 0 Å². The lowest BCUT2D eigenvalue weighted by atomic mass is 10.0. The fourth-order valence-electron chi connectivity index (χ4n) is 4.42. The second-order valence-electron chi connectivity index (χ2n) is 9.39. The van der Waals surface area contributed by atoms with E-state index >= 15 is 0 Å². The quantitative estimate of drug-likeness (QED) is 0.0950. The van der Waals surface area contributed by atoms with E-state index < -0.39 is 10.8 Å².